The Balaban J connectivity index is 2.69. The minimum atomic E-state index is -3.85. The Morgan fingerprint density at radius 2 is 1.58 bits per heavy atom. The fraction of sp³-hybridized carbons (Fsp3) is 0.143. The second kappa shape index (κ2) is 4.59. The highest BCUT2D eigenvalue weighted by molar-refractivity contribution is 7.91. The molecule has 2 aromatic carbocycles. The minimum Gasteiger partial charge on any atom is -0.508 e. The van der Waals surface area contributed by atoms with Gasteiger partial charge < -0.3 is 10.2 Å². The van der Waals surface area contributed by atoms with E-state index in [2.05, 4.69) is 0 Å². The van der Waals surface area contributed by atoms with E-state index in [1.807, 2.05) is 0 Å². The van der Waals surface area contributed by atoms with Crippen LogP contribution in [0.5, 0.6) is 11.5 Å². The van der Waals surface area contributed by atoms with Crippen LogP contribution >= 0.6 is 0 Å². The largest absolute Gasteiger partial charge is 0.508 e. The predicted molar refractivity (Wildman–Crippen MR) is 71.1 cm³/mol. The van der Waals surface area contributed by atoms with Gasteiger partial charge in [0.2, 0.25) is 9.84 Å². The van der Waals surface area contributed by atoms with Crippen LogP contribution < -0.4 is 0 Å². The average Bonchev–Trinajstić information content (AvgIpc) is 2.32. The van der Waals surface area contributed by atoms with Gasteiger partial charge in [-0.05, 0) is 43.2 Å². The molecule has 0 aliphatic carbocycles. The van der Waals surface area contributed by atoms with E-state index in [0.29, 0.717) is 11.1 Å². The molecule has 2 aromatic rings. The zero-order chi connectivity index (χ0) is 14.2. The monoisotopic (exact) mass is 278 g/mol. The SMILES string of the molecule is Cc1ccc(S(=O)(=O)c2c(C)cccc2O)cc1O. The molecule has 0 spiro atoms. The van der Waals surface area contributed by atoms with Crippen molar-refractivity contribution in [1.29, 1.82) is 0 Å². The molecule has 0 aliphatic rings. The van der Waals surface area contributed by atoms with Crippen molar-refractivity contribution in [2.75, 3.05) is 0 Å². The van der Waals surface area contributed by atoms with Crippen molar-refractivity contribution in [3.63, 3.8) is 0 Å². The molecule has 2 N–H and O–H groups in total. The Labute approximate surface area is 111 Å². The number of phenolic OH excluding ortho intramolecular Hbond substituents is 2. The molecule has 0 unspecified atom stereocenters. The molecule has 0 radical (unpaired) electrons. The van der Waals surface area contributed by atoms with E-state index in [4.69, 9.17) is 0 Å². The maximum Gasteiger partial charge on any atom is 0.210 e. The quantitative estimate of drug-likeness (QED) is 0.885. The second-order valence-corrected chi connectivity index (χ2v) is 6.26. The molecule has 0 amide bonds. The normalized spacial score (nSPS) is 11.5. The van der Waals surface area contributed by atoms with Gasteiger partial charge >= 0.3 is 0 Å². The van der Waals surface area contributed by atoms with E-state index in [9.17, 15) is 18.6 Å². The molecule has 4 nitrogen and oxygen atoms in total. The summed E-state index contributed by atoms with van der Waals surface area (Å²) in [7, 11) is -3.85. The predicted octanol–water partition coefficient (Wildman–Crippen LogP) is 2.55. The van der Waals surface area contributed by atoms with Crippen molar-refractivity contribution in [2.24, 2.45) is 0 Å². The van der Waals surface area contributed by atoms with Crippen molar-refractivity contribution in [3.8, 4) is 11.5 Å². The molecule has 0 heterocycles. The molecule has 0 atom stereocenters. The summed E-state index contributed by atoms with van der Waals surface area (Å²) in [5.41, 5.74) is 1.05. The highest BCUT2D eigenvalue weighted by Gasteiger charge is 2.24. The first-order valence-corrected chi connectivity index (χ1v) is 7.15. The standard InChI is InChI=1S/C14H14O4S/c1-9-6-7-11(8-13(9)16)19(17,18)14-10(2)4-3-5-12(14)15/h3-8,15-16H,1-2H3. The summed E-state index contributed by atoms with van der Waals surface area (Å²) in [6.07, 6.45) is 0. The summed E-state index contributed by atoms with van der Waals surface area (Å²) in [6, 6.07) is 8.65. The number of sulfone groups is 1. The minimum absolute atomic E-state index is 0.0415. The first-order chi connectivity index (χ1) is 8.84. The smallest absolute Gasteiger partial charge is 0.210 e. The van der Waals surface area contributed by atoms with Gasteiger partial charge in [-0.1, -0.05) is 18.2 Å². The fourth-order valence-electron chi connectivity index (χ4n) is 1.86. The summed E-state index contributed by atoms with van der Waals surface area (Å²) >= 11 is 0. The summed E-state index contributed by atoms with van der Waals surface area (Å²) in [5.74, 6) is -0.380. The third kappa shape index (κ3) is 2.29. The van der Waals surface area contributed by atoms with Crippen LogP contribution in [0.25, 0.3) is 0 Å². The molecule has 2 rings (SSSR count). The van der Waals surface area contributed by atoms with Gasteiger partial charge in [0.25, 0.3) is 0 Å². The Bertz CT molecular complexity index is 713. The molecule has 5 heteroatoms. The first-order valence-electron chi connectivity index (χ1n) is 5.67. The lowest BCUT2D eigenvalue weighted by Crippen LogP contribution is -2.04. The molecule has 0 aliphatic heterocycles. The van der Waals surface area contributed by atoms with Crippen LogP contribution in [0.15, 0.2) is 46.2 Å². The molecule has 0 aromatic heterocycles. The van der Waals surface area contributed by atoms with Crippen molar-refractivity contribution in [2.45, 2.75) is 23.6 Å². The van der Waals surface area contributed by atoms with Crippen molar-refractivity contribution >= 4 is 9.84 Å². The van der Waals surface area contributed by atoms with Gasteiger partial charge in [-0.15, -0.1) is 0 Å². The maximum atomic E-state index is 12.5. The van der Waals surface area contributed by atoms with Gasteiger partial charge in [-0.25, -0.2) is 8.42 Å². The molecular formula is C14H14O4S. The summed E-state index contributed by atoms with van der Waals surface area (Å²) in [6.45, 7) is 3.29. The fourth-order valence-corrected chi connectivity index (χ4v) is 3.45. The second-order valence-electron chi connectivity index (χ2n) is 4.37. The third-order valence-electron chi connectivity index (χ3n) is 2.95. The number of aryl methyl sites for hydroxylation is 2. The Hall–Kier alpha value is -2.01. The molecule has 0 bridgehead atoms. The lowest BCUT2D eigenvalue weighted by atomic mass is 10.2. The highest BCUT2D eigenvalue weighted by Crippen LogP contribution is 2.33. The summed E-state index contributed by atoms with van der Waals surface area (Å²) < 4.78 is 24.9. The number of aromatic hydroxyl groups is 2. The Morgan fingerprint density at radius 1 is 0.895 bits per heavy atom. The van der Waals surface area contributed by atoms with Crippen LogP contribution in [0.2, 0.25) is 0 Å². The van der Waals surface area contributed by atoms with Crippen LogP contribution in [-0.4, -0.2) is 18.6 Å². The summed E-state index contributed by atoms with van der Waals surface area (Å²) in [4.78, 5) is -0.168. The van der Waals surface area contributed by atoms with Gasteiger partial charge in [0.15, 0.2) is 0 Å². The average molecular weight is 278 g/mol. The molecule has 100 valence electrons. The molecule has 0 fully saturated rings. The third-order valence-corrected chi connectivity index (χ3v) is 4.89. The van der Waals surface area contributed by atoms with Crippen molar-refractivity contribution in [1.82, 2.24) is 0 Å². The van der Waals surface area contributed by atoms with Crippen LogP contribution in [-0.2, 0) is 9.84 Å². The lowest BCUT2D eigenvalue weighted by molar-refractivity contribution is 0.457. The zero-order valence-electron chi connectivity index (χ0n) is 10.6. The lowest BCUT2D eigenvalue weighted by Gasteiger charge is -2.10. The van der Waals surface area contributed by atoms with Crippen LogP contribution in [0.3, 0.4) is 0 Å². The van der Waals surface area contributed by atoms with Gasteiger partial charge in [-0.3, -0.25) is 0 Å². The van der Waals surface area contributed by atoms with E-state index in [-0.39, 0.29) is 21.3 Å². The van der Waals surface area contributed by atoms with E-state index < -0.39 is 9.84 Å². The molecule has 0 saturated carbocycles. The van der Waals surface area contributed by atoms with E-state index in [0.717, 1.165) is 0 Å². The van der Waals surface area contributed by atoms with Crippen LogP contribution in [0.1, 0.15) is 11.1 Å². The number of phenols is 2. The van der Waals surface area contributed by atoms with E-state index in [1.54, 1.807) is 26.0 Å². The first kappa shape index (κ1) is 13.4. The number of hydrogen-bond donors (Lipinski definition) is 2. The van der Waals surface area contributed by atoms with E-state index in [1.165, 1.54) is 24.3 Å². The highest BCUT2D eigenvalue weighted by atomic mass is 32.2. The van der Waals surface area contributed by atoms with Crippen molar-refractivity contribution in [3.05, 3.63) is 47.5 Å². The van der Waals surface area contributed by atoms with Gasteiger partial charge in [0.1, 0.15) is 16.4 Å². The zero-order valence-corrected chi connectivity index (χ0v) is 11.4. The Kier molecular flexibility index (Phi) is 3.24. The molecular weight excluding hydrogens is 264 g/mol. The van der Waals surface area contributed by atoms with Gasteiger partial charge in [0, 0.05) is 0 Å². The van der Waals surface area contributed by atoms with E-state index >= 15 is 0 Å². The Morgan fingerprint density at radius 3 is 2.16 bits per heavy atom. The molecule has 0 saturated heterocycles. The maximum absolute atomic E-state index is 12.5. The number of hydrogen-bond acceptors (Lipinski definition) is 4. The number of benzene rings is 2. The van der Waals surface area contributed by atoms with Gasteiger partial charge in [0.05, 0.1) is 4.90 Å². The van der Waals surface area contributed by atoms with Crippen molar-refractivity contribution < 1.29 is 18.6 Å². The van der Waals surface area contributed by atoms with Gasteiger partial charge in [-0.2, -0.15) is 0 Å². The molecule has 19 heavy (non-hydrogen) atoms. The van der Waals surface area contributed by atoms with Crippen LogP contribution in [0.4, 0.5) is 0 Å². The topological polar surface area (TPSA) is 74.6 Å². The van der Waals surface area contributed by atoms with Crippen LogP contribution in [0, 0.1) is 13.8 Å². The number of rotatable bonds is 2. The summed E-state index contributed by atoms with van der Waals surface area (Å²) in [5, 5.41) is 19.4.